The lowest BCUT2D eigenvalue weighted by molar-refractivity contribution is 1.30. The molecule has 2 heterocycles. The van der Waals surface area contributed by atoms with E-state index in [9.17, 15) is 0 Å². The molecule has 0 saturated carbocycles. The largest absolute Gasteiger partial charge is 0.310 e. The van der Waals surface area contributed by atoms with Gasteiger partial charge in [-0.05, 0) is 87.3 Å². The quantitative estimate of drug-likeness (QED) is 0.174. The van der Waals surface area contributed by atoms with Crippen LogP contribution in [0.3, 0.4) is 0 Å². The summed E-state index contributed by atoms with van der Waals surface area (Å²) in [6, 6.07) is 60.3. The van der Waals surface area contributed by atoms with Gasteiger partial charge in [-0.3, -0.25) is 0 Å². The van der Waals surface area contributed by atoms with Crippen LogP contribution in [-0.4, -0.2) is 0 Å². The lowest BCUT2D eigenvalue weighted by Crippen LogP contribution is -2.09. The zero-order valence-electron chi connectivity index (χ0n) is 25.4. The Morgan fingerprint density at radius 3 is 1.70 bits per heavy atom. The summed E-state index contributed by atoms with van der Waals surface area (Å²) in [7, 11) is 0. The molecule has 0 aliphatic heterocycles. The fourth-order valence-electron chi connectivity index (χ4n) is 7.19. The summed E-state index contributed by atoms with van der Waals surface area (Å²) >= 11 is 3.74. The first-order valence-corrected chi connectivity index (χ1v) is 17.6. The number of hydrogen-bond acceptors (Lipinski definition) is 3. The van der Waals surface area contributed by atoms with Gasteiger partial charge in [0.1, 0.15) is 0 Å². The molecule has 0 unspecified atom stereocenters. The van der Waals surface area contributed by atoms with Crippen molar-refractivity contribution >= 4 is 102 Å². The molecule has 0 atom stereocenters. The second kappa shape index (κ2) is 10.5. The summed E-state index contributed by atoms with van der Waals surface area (Å²) in [5.41, 5.74) is 5.95. The minimum Gasteiger partial charge on any atom is -0.310 e. The zero-order chi connectivity index (χ0) is 30.9. The SMILES string of the molecule is c1ccc2c(c1)ccc1ccc(N(c3ccc(-c4cccc5c4sc4ccccc45)cc3)c3ccc4sc5ccccc5c4c3)cc12. The highest BCUT2D eigenvalue weighted by atomic mass is 32.1. The maximum atomic E-state index is 2.41. The molecule has 47 heavy (non-hydrogen) atoms. The Bertz CT molecular complexity index is 2800. The number of hydrogen-bond donors (Lipinski definition) is 0. The van der Waals surface area contributed by atoms with Gasteiger partial charge in [0, 0.05) is 57.4 Å². The minimum atomic E-state index is 1.13. The van der Waals surface area contributed by atoms with Crippen molar-refractivity contribution in [1.82, 2.24) is 0 Å². The highest BCUT2D eigenvalue weighted by Crippen LogP contribution is 2.44. The predicted octanol–water partition coefficient (Wildman–Crippen LogP) is 13.9. The van der Waals surface area contributed by atoms with Gasteiger partial charge in [-0.1, -0.05) is 109 Å². The molecule has 0 fully saturated rings. The molecular weight excluding hydrogens is 607 g/mol. The van der Waals surface area contributed by atoms with Crippen LogP contribution in [0.1, 0.15) is 0 Å². The summed E-state index contributed by atoms with van der Waals surface area (Å²) in [6.07, 6.45) is 0. The third-order valence-electron chi connectivity index (χ3n) is 9.45. The molecule has 0 spiro atoms. The smallest absolute Gasteiger partial charge is 0.0468 e. The third kappa shape index (κ3) is 4.28. The van der Waals surface area contributed by atoms with Crippen molar-refractivity contribution in [3.63, 3.8) is 0 Å². The molecule has 8 aromatic carbocycles. The second-order valence-electron chi connectivity index (χ2n) is 12.1. The molecule has 220 valence electrons. The average Bonchev–Trinajstić information content (AvgIpc) is 3.70. The Morgan fingerprint density at radius 1 is 0.340 bits per heavy atom. The molecule has 0 radical (unpaired) electrons. The number of fused-ring (bicyclic) bond motifs is 9. The van der Waals surface area contributed by atoms with Gasteiger partial charge in [0.25, 0.3) is 0 Å². The summed E-state index contributed by atoms with van der Waals surface area (Å²) < 4.78 is 5.31. The van der Waals surface area contributed by atoms with E-state index in [4.69, 9.17) is 0 Å². The van der Waals surface area contributed by atoms with E-state index in [0.717, 1.165) is 17.1 Å². The minimum absolute atomic E-state index is 1.13. The van der Waals surface area contributed by atoms with Gasteiger partial charge in [-0.2, -0.15) is 0 Å². The number of nitrogens with zero attached hydrogens (tertiary/aromatic N) is 1. The summed E-state index contributed by atoms with van der Waals surface area (Å²) in [5, 5.41) is 10.3. The molecule has 10 aromatic rings. The van der Waals surface area contributed by atoms with Gasteiger partial charge in [-0.25, -0.2) is 0 Å². The summed E-state index contributed by atoms with van der Waals surface area (Å²) in [6.45, 7) is 0. The van der Waals surface area contributed by atoms with Crippen LogP contribution in [0, 0.1) is 0 Å². The highest BCUT2D eigenvalue weighted by Gasteiger charge is 2.17. The van der Waals surface area contributed by atoms with Crippen LogP contribution in [0.4, 0.5) is 17.1 Å². The molecule has 0 saturated heterocycles. The molecule has 0 aliphatic carbocycles. The normalized spacial score (nSPS) is 11.8. The Hall–Kier alpha value is -5.48. The third-order valence-corrected chi connectivity index (χ3v) is 11.8. The maximum absolute atomic E-state index is 2.41. The van der Waals surface area contributed by atoms with E-state index in [1.165, 1.54) is 73.0 Å². The molecule has 3 heteroatoms. The van der Waals surface area contributed by atoms with Gasteiger partial charge < -0.3 is 4.90 Å². The van der Waals surface area contributed by atoms with Crippen molar-refractivity contribution in [2.24, 2.45) is 0 Å². The number of thiophene rings is 2. The molecule has 0 aliphatic rings. The number of benzene rings is 8. The monoisotopic (exact) mass is 633 g/mol. The molecule has 0 N–H and O–H groups in total. The van der Waals surface area contributed by atoms with Crippen molar-refractivity contribution in [3.8, 4) is 11.1 Å². The summed E-state index contributed by atoms with van der Waals surface area (Å²) in [4.78, 5) is 2.41. The standard InChI is InChI=1S/C44H27NS2/c1-2-9-34-28(8-1)16-17-30-20-23-32(26-39(30)34)45(33-24-25-43-40(27-33)37-11-4-5-14-41(37)46-43)31-21-18-29(19-22-31)35-12-7-13-38-36-10-3-6-15-42(36)47-44(35)38/h1-27H. The van der Waals surface area contributed by atoms with Crippen LogP contribution in [0.5, 0.6) is 0 Å². The van der Waals surface area contributed by atoms with Crippen molar-refractivity contribution in [2.45, 2.75) is 0 Å². The average molecular weight is 634 g/mol. The van der Waals surface area contributed by atoms with Crippen molar-refractivity contribution in [2.75, 3.05) is 4.90 Å². The zero-order valence-corrected chi connectivity index (χ0v) is 27.0. The lowest BCUT2D eigenvalue weighted by atomic mass is 10.00. The number of rotatable bonds is 4. The van der Waals surface area contributed by atoms with Gasteiger partial charge >= 0.3 is 0 Å². The molecule has 0 bridgehead atoms. The lowest BCUT2D eigenvalue weighted by Gasteiger charge is -2.26. The Labute approximate surface area is 280 Å². The van der Waals surface area contributed by atoms with Crippen LogP contribution >= 0.6 is 22.7 Å². The van der Waals surface area contributed by atoms with E-state index >= 15 is 0 Å². The topological polar surface area (TPSA) is 3.24 Å². The number of anilines is 3. The van der Waals surface area contributed by atoms with Gasteiger partial charge in [-0.15, -0.1) is 22.7 Å². The Kier molecular flexibility index (Phi) is 5.98. The Morgan fingerprint density at radius 2 is 0.894 bits per heavy atom. The molecular formula is C44H27NS2. The molecule has 2 aromatic heterocycles. The first-order valence-electron chi connectivity index (χ1n) is 15.9. The van der Waals surface area contributed by atoms with Gasteiger partial charge in [0.2, 0.25) is 0 Å². The van der Waals surface area contributed by atoms with Crippen LogP contribution in [0.2, 0.25) is 0 Å². The van der Waals surface area contributed by atoms with E-state index in [-0.39, 0.29) is 0 Å². The molecule has 10 rings (SSSR count). The van der Waals surface area contributed by atoms with E-state index in [1.807, 2.05) is 22.7 Å². The van der Waals surface area contributed by atoms with Crippen LogP contribution in [0.25, 0.3) is 73.0 Å². The highest BCUT2D eigenvalue weighted by molar-refractivity contribution is 7.26. The molecule has 1 nitrogen and oxygen atoms in total. The fourth-order valence-corrected chi connectivity index (χ4v) is 9.52. The van der Waals surface area contributed by atoms with Crippen molar-refractivity contribution in [1.29, 1.82) is 0 Å². The maximum Gasteiger partial charge on any atom is 0.0468 e. The van der Waals surface area contributed by atoms with Gasteiger partial charge in [0.15, 0.2) is 0 Å². The fraction of sp³-hybridized carbons (Fsp3) is 0. The summed E-state index contributed by atoms with van der Waals surface area (Å²) in [5.74, 6) is 0. The van der Waals surface area contributed by atoms with Crippen molar-refractivity contribution in [3.05, 3.63) is 164 Å². The van der Waals surface area contributed by atoms with Crippen LogP contribution < -0.4 is 4.90 Å². The van der Waals surface area contributed by atoms with E-state index in [1.54, 1.807) is 0 Å². The molecule has 0 amide bonds. The first-order chi connectivity index (χ1) is 23.3. The Balaban J connectivity index is 1.16. The predicted molar refractivity (Wildman–Crippen MR) is 207 cm³/mol. The van der Waals surface area contributed by atoms with E-state index < -0.39 is 0 Å². The van der Waals surface area contributed by atoms with Crippen LogP contribution in [0.15, 0.2) is 164 Å². The first kappa shape index (κ1) is 26.7. The van der Waals surface area contributed by atoms with Gasteiger partial charge in [0.05, 0.1) is 0 Å². The second-order valence-corrected chi connectivity index (χ2v) is 14.3. The van der Waals surface area contributed by atoms with E-state index in [0.29, 0.717) is 0 Å². The van der Waals surface area contributed by atoms with Crippen LogP contribution in [-0.2, 0) is 0 Å². The van der Waals surface area contributed by atoms with E-state index in [2.05, 4.69) is 169 Å². The van der Waals surface area contributed by atoms with Crippen molar-refractivity contribution < 1.29 is 0 Å².